The van der Waals surface area contributed by atoms with Crippen molar-refractivity contribution in [2.45, 2.75) is 39.0 Å². The number of benzene rings is 2. The number of ether oxygens (including phenoxy) is 2. The summed E-state index contributed by atoms with van der Waals surface area (Å²) in [5.74, 6) is 1.04. The van der Waals surface area contributed by atoms with E-state index in [4.69, 9.17) is 21.1 Å². The molecule has 0 N–H and O–H groups in total. The molecule has 0 saturated heterocycles. The minimum absolute atomic E-state index is 0.129. The summed E-state index contributed by atoms with van der Waals surface area (Å²) in [5.41, 5.74) is 5.46. The van der Waals surface area contributed by atoms with Gasteiger partial charge < -0.3 is 9.47 Å². The zero-order chi connectivity index (χ0) is 21.4. The number of fused-ring (bicyclic) bond motifs is 2. The fourth-order valence-corrected chi connectivity index (χ4v) is 4.48. The monoisotopic (exact) mass is 435 g/mol. The lowest BCUT2D eigenvalue weighted by atomic mass is 10.0. The lowest BCUT2D eigenvalue weighted by Crippen LogP contribution is -2.37. The van der Waals surface area contributed by atoms with Gasteiger partial charge in [0, 0.05) is 12.6 Å². The van der Waals surface area contributed by atoms with E-state index in [9.17, 15) is 4.79 Å². The Hall–Kier alpha value is -3.12. The zero-order valence-electron chi connectivity index (χ0n) is 17.2. The van der Waals surface area contributed by atoms with Gasteiger partial charge in [0.1, 0.15) is 5.75 Å². The molecule has 0 atom stereocenters. The van der Waals surface area contributed by atoms with Gasteiger partial charge in [-0.1, -0.05) is 41.9 Å². The largest absolute Gasteiger partial charge is 0.434 e. The highest BCUT2D eigenvalue weighted by molar-refractivity contribution is 6.29. The molecule has 31 heavy (non-hydrogen) atoms. The molecule has 1 aliphatic carbocycles. The molecule has 5 rings (SSSR count). The SMILES string of the molecule is Cc1ccc2c(c1Oc1nnc(Cl)cc1OC(=O)N1CCCc3ccccc31)CCC2. The van der Waals surface area contributed by atoms with Crippen LogP contribution in [0, 0.1) is 6.92 Å². The van der Waals surface area contributed by atoms with Gasteiger partial charge in [-0.3, -0.25) is 4.90 Å². The van der Waals surface area contributed by atoms with E-state index < -0.39 is 6.09 Å². The summed E-state index contributed by atoms with van der Waals surface area (Å²) in [5, 5.41) is 8.11. The fourth-order valence-electron chi connectivity index (χ4n) is 4.35. The first-order valence-corrected chi connectivity index (χ1v) is 10.9. The van der Waals surface area contributed by atoms with Crippen LogP contribution in [0.2, 0.25) is 5.15 Å². The fraction of sp³-hybridized carbons (Fsp3) is 0.292. The van der Waals surface area contributed by atoms with Gasteiger partial charge in [0.05, 0.1) is 5.69 Å². The number of aryl methyl sites for hydroxylation is 3. The van der Waals surface area contributed by atoms with Crippen molar-refractivity contribution in [3.63, 3.8) is 0 Å². The van der Waals surface area contributed by atoms with Crippen molar-refractivity contribution in [1.29, 1.82) is 0 Å². The van der Waals surface area contributed by atoms with E-state index in [1.54, 1.807) is 4.90 Å². The standard InChI is InChI=1S/C24H22ClN3O3/c1-15-11-12-16-7-4-9-18(16)22(15)31-23-20(14-21(25)26-27-23)30-24(29)28-13-5-8-17-6-2-3-10-19(17)28/h2-3,6,10-12,14H,4-5,7-9,13H2,1H3. The normalized spacial score (nSPS) is 14.7. The minimum atomic E-state index is -0.490. The maximum Gasteiger partial charge on any atom is 0.419 e. The molecule has 158 valence electrons. The Balaban J connectivity index is 1.45. The lowest BCUT2D eigenvalue weighted by molar-refractivity contribution is 0.204. The topological polar surface area (TPSA) is 64.6 Å². The summed E-state index contributed by atoms with van der Waals surface area (Å²) in [6.07, 6.45) is 4.41. The third-order valence-corrected chi connectivity index (χ3v) is 6.04. The van der Waals surface area contributed by atoms with Crippen LogP contribution in [-0.2, 0) is 19.3 Å². The van der Waals surface area contributed by atoms with Crippen LogP contribution in [0.1, 0.15) is 35.1 Å². The number of aromatic nitrogens is 2. The number of hydrogen-bond donors (Lipinski definition) is 0. The van der Waals surface area contributed by atoms with E-state index in [-0.39, 0.29) is 16.8 Å². The van der Waals surface area contributed by atoms with Crippen LogP contribution >= 0.6 is 11.6 Å². The third kappa shape index (κ3) is 3.83. The number of carbonyl (C=O) groups excluding carboxylic acids is 1. The van der Waals surface area contributed by atoms with Crippen molar-refractivity contribution >= 4 is 23.4 Å². The lowest BCUT2D eigenvalue weighted by Gasteiger charge is -2.28. The van der Waals surface area contributed by atoms with Crippen LogP contribution in [0.4, 0.5) is 10.5 Å². The molecule has 2 aromatic carbocycles. The molecular formula is C24H22ClN3O3. The first kappa shape index (κ1) is 19.8. The van der Waals surface area contributed by atoms with E-state index in [0.29, 0.717) is 6.54 Å². The first-order valence-electron chi connectivity index (χ1n) is 10.5. The second-order valence-electron chi connectivity index (χ2n) is 7.89. The number of halogens is 1. The number of nitrogens with zero attached hydrogens (tertiary/aromatic N) is 3. The molecule has 0 bridgehead atoms. The summed E-state index contributed by atoms with van der Waals surface area (Å²) in [6, 6.07) is 13.5. The molecular weight excluding hydrogens is 414 g/mol. The second kappa shape index (κ2) is 8.19. The molecule has 2 heterocycles. The molecule has 3 aromatic rings. The highest BCUT2D eigenvalue weighted by Crippen LogP contribution is 2.39. The maximum atomic E-state index is 13.1. The van der Waals surface area contributed by atoms with Crippen molar-refractivity contribution < 1.29 is 14.3 Å². The number of para-hydroxylation sites is 1. The number of amides is 1. The van der Waals surface area contributed by atoms with Crippen LogP contribution in [-0.4, -0.2) is 22.8 Å². The first-order chi connectivity index (χ1) is 15.1. The predicted molar refractivity (Wildman–Crippen MR) is 118 cm³/mol. The molecule has 1 aliphatic heterocycles. The average molecular weight is 436 g/mol. The van der Waals surface area contributed by atoms with Crippen molar-refractivity contribution in [2.75, 3.05) is 11.4 Å². The third-order valence-electron chi connectivity index (χ3n) is 5.85. The molecule has 7 heteroatoms. The number of anilines is 1. The van der Waals surface area contributed by atoms with E-state index >= 15 is 0 Å². The summed E-state index contributed by atoms with van der Waals surface area (Å²) >= 11 is 6.06. The Kier molecular flexibility index (Phi) is 5.24. The Morgan fingerprint density at radius 2 is 1.87 bits per heavy atom. The number of hydrogen-bond acceptors (Lipinski definition) is 5. The van der Waals surface area contributed by atoms with Crippen molar-refractivity contribution in [2.24, 2.45) is 0 Å². The summed E-state index contributed by atoms with van der Waals surface area (Å²) in [6.45, 7) is 2.58. The Labute approximate surface area is 185 Å². The highest BCUT2D eigenvalue weighted by atomic mass is 35.5. The van der Waals surface area contributed by atoms with Crippen LogP contribution < -0.4 is 14.4 Å². The Morgan fingerprint density at radius 3 is 2.77 bits per heavy atom. The van der Waals surface area contributed by atoms with Gasteiger partial charge in [-0.15, -0.1) is 10.2 Å². The maximum absolute atomic E-state index is 13.1. The van der Waals surface area contributed by atoms with Gasteiger partial charge in [0.25, 0.3) is 5.88 Å². The highest BCUT2D eigenvalue weighted by Gasteiger charge is 2.26. The Bertz CT molecular complexity index is 1160. The number of rotatable bonds is 3. The van der Waals surface area contributed by atoms with E-state index in [0.717, 1.165) is 54.7 Å². The number of carbonyl (C=O) groups is 1. The summed E-state index contributed by atoms with van der Waals surface area (Å²) in [4.78, 5) is 14.7. The molecule has 0 unspecified atom stereocenters. The van der Waals surface area contributed by atoms with E-state index in [1.807, 2.05) is 37.3 Å². The van der Waals surface area contributed by atoms with Gasteiger partial charge in [0.2, 0.25) is 0 Å². The van der Waals surface area contributed by atoms with Crippen molar-refractivity contribution in [3.8, 4) is 17.4 Å². The molecule has 1 aromatic heterocycles. The van der Waals surface area contributed by atoms with Crippen molar-refractivity contribution in [3.05, 3.63) is 69.9 Å². The van der Waals surface area contributed by atoms with Crippen molar-refractivity contribution in [1.82, 2.24) is 10.2 Å². The summed E-state index contributed by atoms with van der Waals surface area (Å²) in [7, 11) is 0. The van der Waals surface area contributed by atoms with Gasteiger partial charge in [0.15, 0.2) is 10.9 Å². The van der Waals surface area contributed by atoms with Gasteiger partial charge in [-0.25, -0.2) is 4.79 Å². The Morgan fingerprint density at radius 1 is 1.03 bits per heavy atom. The minimum Gasteiger partial charge on any atom is -0.434 e. The van der Waals surface area contributed by atoms with Crippen LogP contribution in [0.15, 0.2) is 42.5 Å². The molecule has 0 spiro atoms. The molecule has 0 radical (unpaired) electrons. The van der Waals surface area contributed by atoms with Gasteiger partial charge in [-0.05, 0) is 67.3 Å². The van der Waals surface area contributed by atoms with E-state index in [1.165, 1.54) is 17.2 Å². The molecule has 1 amide bonds. The summed E-state index contributed by atoms with van der Waals surface area (Å²) < 4.78 is 11.9. The van der Waals surface area contributed by atoms with E-state index in [2.05, 4.69) is 16.3 Å². The average Bonchev–Trinajstić information content (AvgIpc) is 3.26. The predicted octanol–water partition coefficient (Wildman–Crippen LogP) is 5.67. The van der Waals surface area contributed by atoms with Gasteiger partial charge >= 0.3 is 6.09 Å². The molecule has 6 nitrogen and oxygen atoms in total. The second-order valence-corrected chi connectivity index (χ2v) is 8.28. The van der Waals surface area contributed by atoms with Crippen LogP contribution in [0.3, 0.4) is 0 Å². The van der Waals surface area contributed by atoms with Gasteiger partial charge in [-0.2, -0.15) is 0 Å². The zero-order valence-corrected chi connectivity index (χ0v) is 18.0. The molecule has 0 saturated carbocycles. The van der Waals surface area contributed by atoms with Crippen LogP contribution in [0.5, 0.6) is 17.4 Å². The quantitative estimate of drug-likeness (QED) is 0.530. The van der Waals surface area contributed by atoms with Crippen LogP contribution in [0.25, 0.3) is 0 Å². The smallest absolute Gasteiger partial charge is 0.419 e. The molecule has 2 aliphatic rings. The molecule has 0 fully saturated rings.